The minimum atomic E-state index is 0.506. The van der Waals surface area contributed by atoms with Crippen LogP contribution in [-0.2, 0) is 4.74 Å². The molecule has 1 aromatic heterocycles. The molecule has 1 rings (SSSR count). The first-order valence-electron chi connectivity index (χ1n) is 4.04. The average molecular weight is 199 g/mol. The van der Waals surface area contributed by atoms with Gasteiger partial charge in [0, 0.05) is 18.4 Å². The van der Waals surface area contributed by atoms with E-state index in [0.29, 0.717) is 23.5 Å². The van der Waals surface area contributed by atoms with Crippen molar-refractivity contribution in [1.82, 2.24) is 9.97 Å². The molecule has 5 heteroatoms. The van der Waals surface area contributed by atoms with E-state index in [1.807, 2.05) is 13.8 Å². The number of hydrogen-bond acceptors (Lipinski definition) is 5. The van der Waals surface area contributed by atoms with Crippen molar-refractivity contribution in [2.24, 2.45) is 0 Å². The second-order valence-electron chi connectivity index (χ2n) is 2.47. The van der Waals surface area contributed by atoms with Gasteiger partial charge in [-0.05, 0) is 13.8 Å². The summed E-state index contributed by atoms with van der Waals surface area (Å²) in [6.45, 7) is 4.54. The van der Waals surface area contributed by atoms with E-state index in [1.54, 1.807) is 6.07 Å². The number of anilines is 1. The minimum absolute atomic E-state index is 0.506. The Morgan fingerprint density at radius 2 is 2.31 bits per heavy atom. The molecule has 0 atom stereocenters. The minimum Gasteiger partial charge on any atom is -0.384 e. The molecule has 2 N–H and O–H groups in total. The van der Waals surface area contributed by atoms with Crippen LogP contribution in [0, 0.1) is 6.92 Å². The van der Waals surface area contributed by atoms with Gasteiger partial charge in [0.1, 0.15) is 5.82 Å². The van der Waals surface area contributed by atoms with Gasteiger partial charge in [-0.2, -0.15) is 0 Å². The molecule has 0 radical (unpaired) electrons. The summed E-state index contributed by atoms with van der Waals surface area (Å²) in [6, 6.07) is 1.74. The molecular weight excluding hydrogens is 186 g/mol. The topological polar surface area (TPSA) is 61.0 Å². The molecule has 0 aromatic carbocycles. The number of hydrogen-bond donors (Lipinski definition) is 1. The number of aryl methyl sites for hydroxylation is 1. The van der Waals surface area contributed by atoms with E-state index >= 15 is 0 Å². The van der Waals surface area contributed by atoms with Gasteiger partial charge in [-0.15, -0.1) is 0 Å². The first kappa shape index (κ1) is 10.3. The van der Waals surface area contributed by atoms with Crippen LogP contribution in [-0.4, -0.2) is 22.5 Å². The van der Waals surface area contributed by atoms with Crippen molar-refractivity contribution in [2.75, 3.05) is 18.3 Å². The molecule has 0 amide bonds. The summed E-state index contributed by atoms with van der Waals surface area (Å²) in [5, 5.41) is 0.672. The number of ether oxygens (including phenoxy) is 1. The Balaban J connectivity index is 2.56. The van der Waals surface area contributed by atoms with Gasteiger partial charge in [0.2, 0.25) is 0 Å². The van der Waals surface area contributed by atoms with Gasteiger partial charge < -0.3 is 10.5 Å². The van der Waals surface area contributed by atoms with Gasteiger partial charge in [-0.1, -0.05) is 11.8 Å². The zero-order valence-corrected chi connectivity index (χ0v) is 8.60. The van der Waals surface area contributed by atoms with E-state index in [2.05, 4.69) is 9.97 Å². The molecular formula is C8H13N3OS. The predicted octanol–water partition coefficient (Wildman–Crippen LogP) is 1.45. The van der Waals surface area contributed by atoms with Crippen LogP contribution >= 0.6 is 11.8 Å². The maximum Gasteiger partial charge on any atom is 0.191 e. The van der Waals surface area contributed by atoms with Gasteiger partial charge in [0.05, 0.1) is 5.94 Å². The summed E-state index contributed by atoms with van der Waals surface area (Å²) in [6.07, 6.45) is 0. The monoisotopic (exact) mass is 199 g/mol. The summed E-state index contributed by atoms with van der Waals surface area (Å²) in [5.74, 6) is 1.07. The first-order valence-corrected chi connectivity index (χ1v) is 5.02. The quantitative estimate of drug-likeness (QED) is 0.344. The number of aromatic nitrogens is 2. The molecule has 0 saturated heterocycles. The molecule has 0 fully saturated rings. The maximum absolute atomic E-state index is 5.56. The Morgan fingerprint density at radius 3 is 2.92 bits per heavy atom. The van der Waals surface area contributed by atoms with Crippen LogP contribution in [0.4, 0.5) is 5.82 Å². The van der Waals surface area contributed by atoms with Crippen molar-refractivity contribution in [3.63, 3.8) is 0 Å². The van der Waals surface area contributed by atoms with Crippen molar-refractivity contribution in [2.45, 2.75) is 19.0 Å². The molecule has 4 nitrogen and oxygen atoms in total. The highest BCUT2D eigenvalue weighted by Gasteiger charge is 1.99. The van der Waals surface area contributed by atoms with Crippen molar-refractivity contribution in [3.8, 4) is 0 Å². The number of rotatable bonds is 4. The van der Waals surface area contributed by atoms with Crippen LogP contribution in [0.3, 0.4) is 0 Å². The molecule has 72 valence electrons. The predicted molar refractivity (Wildman–Crippen MR) is 53.5 cm³/mol. The van der Waals surface area contributed by atoms with Crippen LogP contribution in [0.1, 0.15) is 12.6 Å². The summed E-state index contributed by atoms with van der Waals surface area (Å²) in [5.41, 5.74) is 6.44. The Bertz CT molecular complexity index is 260. The third-order valence-corrected chi connectivity index (χ3v) is 2.05. The van der Waals surface area contributed by atoms with Crippen LogP contribution in [0.2, 0.25) is 0 Å². The maximum atomic E-state index is 5.56. The standard InChI is InChI=1S/C8H13N3OS/c1-3-12-5-13-8-10-6(2)4-7(9)11-8/h4H,3,5H2,1-2H3,(H2,9,10,11). The molecule has 0 spiro atoms. The fourth-order valence-corrected chi connectivity index (χ4v) is 1.54. The highest BCUT2D eigenvalue weighted by atomic mass is 32.2. The second-order valence-corrected chi connectivity index (χ2v) is 3.36. The number of thioether (sulfide) groups is 1. The average Bonchev–Trinajstić information content (AvgIpc) is 2.03. The van der Waals surface area contributed by atoms with Gasteiger partial charge >= 0.3 is 0 Å². The number of nitrogens with zero attached hydrogens (tertiary/aromatic N) is 2. The fourth-order valence-electron chi connectivity index (χ4n) is 0.807. The third-order valence-electron chi connectivity index (χ3n) is 1.33. The third kappa shape index (κ3) is 3.61. The molecule has 0 aliphatic heterocycles. The summed E-state index contributed by atoms with van der Waals surface area (Å²) in [4.78, 5) is 8.25. The molecule has 1 aromatic rings. The normalized spacial score (nSPS) is 10.3. The number of nitrogens with two attached hydrogens (primary N) is 1. The van der Waals surface area contributed by atoms with E-state index in [1.165, 1.54) is 11.8 Å². The lowest BCUT2D eigenvalue weighted by atomic mass is 10.4. The van der Waals surface area contributed by atoms with Crippen LogP contribution in [0.25, 0.3) is 0 Å². The molecule has 13 heavy (non-hydrogen) atoms. The van der Waals surface area contributed by atoms with Gasteiger partial charge in [-0.3, -0.25) is 0 Å². The first-order chi connectivity index (χ1) is 6.22. The zero-order valence-electron chi connectivity index (χ0n) is 7.78. The highest BCUT2D eigenvalue weighted by molar-refractivity contribution is 7.99. The second kappa shape index (κ2) is 5.04. The molecule has 0 bridgehead atoms. The molecule has 0 saturated carbocycles. The summed E-state index contributed by atoms with van der Waals surface area (Å²) >= 11 is 1.45. The highest BCUT2D eigenvalue weighted by Crippen LogP contribution is 2.14. The van der Waals surface area contributed by atoms with Crippen LogP contribution in [0.15, 0.2) is 11.2 Å². The summed E-state index contributed by atoms with van der Waals surface area (Å²) in [7, 11) is 0. The van der Waals surface area contributed by atoms with E-state index in [-0.39, 0.29) is 0 Å². The molecule has 1 heterocycles. The van der Waals surface area contributed by atoms with E-state index in [9.17, 15) is 0 Å². The molecule has 0 unspecified atom stereocenters. The van der Waals surface area contributed by atoms with Gasteiger partial charge in [-0.25, -0.2) is 9.97 Å². The van der Waals surface area contributed by atoms with Crippen molar-refractivity contribution in [1.29, 1.82) is 0 Å². The molecule has 0 aliphatic rings. The SMILES string of the molecule is CCOCSc1nc(C)cc(N)n1. The lowest BCUT2D eigenvalue weighted by Gasteiger charge is -2.02. The Kier molecular flexibility index (Phi) is 3.98. The van der Waals surface area contributed by atoms with E-state index in [4.69, 9.17) is 10.5 Å². The Morgan fingerprint density at radius 1 is 1.54 bits per heavy atom. The van der Waals surface area contributed by atoms with Crippen LogP contribution in [0.5, 0.6) is 0 Å². The van der Waals surface area contributed by atoms with Crippen LogP contribution < -0.4 is 5.73 Å². The largest absolute Gasteiger partial charge is 0.384 e. The lowest BCUT2D eigenvalue weighted by Crippen LogP contribution is -1.98. The molecule has 0 aliphatic carbocycles. The van der Waals surface area contributed by atoms with Crippen molar-refractivity contribution >= 4 is 17.6 Å². The zero-order chi connectivity index (χ0) is 9.68. The van der Waals surface area contributed by atoms with Gasteiger partial charge in [0.15, 0.2) is 5.16 Å². The number of nitrogen functional groups attached to an aromatic ring is 1. The summed E-state index contributed by atoms with van der Waals surface area (Å²) < 4.78 is 5.16. The Labute approximate surface area is 81.9 Å². The van der Waals surface area contributed by atoms with E-state index < -0.39 is 0 Å². The van der Waals surface area contributed by atoms with Crippen molar-refractivity contribution in [3.05, 3.63) is 11.8 Å². The van der Waals surface area contributed by atoms with E-state index in [0.717, 1.165) is 5.69 Å². The lowest BCUT2D eigenvalue weighted by molar-refractivity contribution is 0.199. The fraction of sp³-hybridized carbons (Fsp3) is 0.500. The van der Waals surface area contributed by atoms with Crippen molar-refractivity contribution < 1.29 is 4.74 Å². The van der Waals surface area contributed by atoms with Gasteiger partial charge in [0.25, 0.3) is 0 Å². The Hall–Kier alpha value is -0.810. The smallest absolute Gasteiger partial charge is 0.191 e.